The van der Waals surface area contributed by atoms with Gasteiger partial charge in [-0.25, -0.2) is 0 Å². The summed E-state index contributed by atoms with van der Waals surface area (Å²) in [5, 5.41) is 0. The van der Waals surface area contributed by atoms with E-state index in [9.17, 15) is 0 Å². The highest BCUT2D eigenvalue weighted by atomic mass is 16.9. The van der Waals surface area contributed by atoms with Gasteiger partial charge in [0.1, 0.15) is 24.4 Å². The highest BCUT2D eigenvalue weighted by Gasteiger charge is 2.63. The molecule has 0 aromatic rings. The molecule has 5 aliphatic rings. The van der Waals surface area contributed by atoms with Gasteiger partial charge in [0.05, 0.1) is 6.61 Å². The molecule has 5 rings (SSSR count). The number of hydrogen-bond donors (Lipinski definition) is 0. The summed E-state index contributed by atoms with van der Waals surface area (Å²) in [6.45, 7) is 3.59. The van der Waals surface area contributed by atoms with Crippen LogP contribution in [0.5, 0.6) is 0 Å². The fourth-order valence-electron chi connectivity index (χ4n) is 6.53. The van der Waals surface area contributed by atoms with Crippen molar-refractivity contribution in [2.45, 2.75) is 158 Å². The van der Waals surface area contributed by atoms with E-state index in [0.29, 0.717) is 6.61 Å². The third-order valence-corrected chi connectivity index (χ3v) is 8.38. The van der Waals surface area contributed by atoms with Crippen LogP contribution >= 0.6 is 0 Å². The molecule has 0 unspecified atom stereocenters. The van der Waals surface area contributed by atoms with E-state index in [1.165, 1.54) is 51.4 Å². The molecular formula is C27H46O6. The fourth-order valence-corrected chi connectivity index (χ4v) is 6.53. The van der Waals surface area contributed by atoms with Gasteiger partial charge in [-0.15, -0.1) is 0 Å². The summed E-state index contributed by atoms with van der Waals surface area (Å²) in [6.07, 6.45) is 19.0. The zero-order chi connectivity index (χ0) is 22.6. The van der Waals surface area contributed by atoms with Crippen LogP contribution in [0.25, 0.3) is 0 Å². The molecule has 0 N–H and O–H groups in total. The van der Waals surface area contributed by atoms with Gasteiger partial charge in [0.15, 0.2) is 17.9 Å². The summed E-state index contributed by atoms with van der Waals surface area (Å²) in [6, 6.07) is 0. The first-order valence-electron chi connectivity index (χ1n) is 14.2. The second kappa shape index (κ2) is 11.2. The maximum atomic E-state index is 6.70. The minimum Gasteiger partial charge on any atom is -0.379 e. The van der Waals surface area contributed by atoms with Gasteiger partial charge in [-0.3, -0.25) is 0 Å². The summed E-state index contributed by atoms with van der Waals surface area (Å²) in [5.74, 6) is -0.953. The van der Waals surface area contributed by atoms with E-state index in [-0.39, 0.29) is 30.7 Å². The van der Waals surface area contributed by atoms with E-state index >= 15 is 0 Å². The fraction of sp³-hybridized carbons (Fsp3) is 1.00. The maximum absolute atomic E-state index is 6.70. The van der Waals surface area contributed by atoms with Gasteiger partial charge in [0.2, 0.25) is 0 Å². The van der Waals surface area contributed by atoms with E-state index < -0.39 is 11.6 Å². The zero-order valence-corrected chi connectivity index (χ0v) is 20.8. The molecule has 2 aliphatic carbocycles. The molecule has 3 aliphatic heterocycles. The molecule has 190 valence electrons. The minimum atomic E-state index is -0.489. The molecule has 3 heterocycles. The van der Waals surface area contributed by atoms with Gasteiger partial charge < -0.3 is 28.4 Å². The molecule has 0 aromatic carbocycles. The standard InChI is InChI=1S/C27H46O6/c1-2-3-4-5-6-7-14-19-28-20-21-22-23(31-26(30-22)15-10-8-11-16-26)24-25(29-21)33-27(32-24)17-12-9-13-18-27/h21-25H,2-20H2,1H3/t21-,22-,23+,24-,25+/m1/s1. The molecule has 6 nitrogen and oxygen atoms in total. The van der Waals surface area contributed by atoms with Crippen LogP contribution in [0.1, 0.15) is 116 Å². The lowest BCUT2D eigenvalue weighted by Gasteiger charge is -2.37. The lowest BCUT2D eigenvalue weighted by molar-refractivity contribution is -0.256. The Labute approximate surface area is 200 Å². The zero-order valence-electron chi connectivity index (χ0n) is 20.8. The molecule has 2 spiro atoms. The average molecular weight is 467 g/mol. The van der Waals surface area contributed by atoms with E-state index in [4.69, 9.17) is 28.4 Å². The molecule has 0 aromatic heterocycles. The first-order valence-corrected chi connectivity index (χ1v) is 14.2. The maximum Gasteiger partial charge on any atom is 0.190 e. The Kier molecular flexibility index (Phi) is 8.31. The van der Waals surface area contributed by atoms with Crippen molar-refractivity contribution in [1.29, 1.82) is 0 Å². The van der Waals surface area contributed by atoms with E-state index in [2.05, 4.69) is 6.92 Å². The Morgan fingerprint density at radius 2 is 1.21 bits per heavy atom. The monoisotopic (exact) mass is 466 g/mol. The Morgan fingerprint density at radius 3 is 1.91 bits per heavy atom. The molecule has 0 bridgehead atoms. The van der Waals surface area contributed by atoms with Crippen LogP contribution < -0.4 is 0 Å². The summed E-state index contributed by atoms with van der Waals surface area (Å²) in [7, 11) is 0. The second-order valence-electron chi connectivity index (χ2n) is 11.0. The van der Waals surface area contributed by atoms with Crippen molar-refractivity contribution in [1.82, 2.24) is 0 Å². The molecule has 6 heteroatoms. The smallest absolute Gasteiger partial charge is 0.190 e. The molecule has 5 fully saturated rings. The summed E-state index contributed by atoms with van der Waals surface area (Å²) in [5.41, 5.74) is 0. The largest absolute Gasteiger partial charge is 0.379 e. The van der Waals surface area contributed by atoms with Gasteiger partial charge in [-0.2, -0.15) is 0 Å². The predicted molar refractivity (Wildman–Crippen MR) is 125 cm³/mol. The van der Waals surface area contributed by atoms with E-state index in [0.717, 1.165) is 64.4 Å². The van der Waals surface area contributed by atoms with Crippen LogP contribution in [0, 0.1) is 0 Å². The van der Waals surface area contributed by atoms with Crippen molar-refractivity contribution in [2.75, 3.05) is 13.2 Å². The number of fused-ring (bicyclic) bond motifs is 3. The average Bonchev–Trinajstić information content (AvgIpc) is 3.37. The van der Waals surface area contributed by atoms with Gasteiger partial charge in [-0.05, 0) is 32.1 Å². The number of hydrogen-bond acceptors (Lipinski definition) is 6. The minimum absolute atomic E-state index is 0.129. The van der Waals surface area contributed by atoms with Gasteiger partial charge >= 0.3 is 0 Å². The highest BCUT2D eigenvalue weighted by Crippen LogP contribution is 2.50. The first-order chi connectivity index (χ1) is 16.2. The van der Waals surface area contributed by atoms with E-state index in [1.54, 1.807) is 0 Å². The van der Waals surface area contributed by atoms with Crippen LogP contribution in [-0.4, -0.2) is 55.5 Å². The topological polar surface area (TPSA) is 55.4 Å². The third-order valence-electron chi connectivity index (χ3n) is 8.38. The molecule has 0 amide bonds. The Balaban J connectivity index is 1.17. The van der Waals surface area contributed by atoms with Gasteiger partial charge in [0.25, 0.3) is 0 Å². The summed E-state index contributed by atoms with van der Waals surface area (Å²) < 4.78 is 39.0. The van der Waals surface area contributed by atoms with Crippen molar-refractivity contribution in [3.8, 4) is 0 Å². The SMILES string of the molecule is CCCCCCCCCOC[C@H]1O[C@H]2OC3(CCCCC3)O[C@@H]2[C@H]2OC3(CCCCC3)O[C@@H]21. The molecule has 2 saturated carbocycles. The molecule has 3 saturated heterocycles. The Bertz CT molecular complexity index is 599. The highest BCUT2D eigenvalue weighted by molar-refractivity contribution is 5.03. The van der Waals surface area contributed by atoms with Gasteiger partial charge in [-0.1, -0.05) is 58.3 Å². The predicted octanol–water partition coefficient (Wildman–Crippen LogP) is 6.00. The summed E-state index contributed by atoms with van der Waals surface area (Å²) >= 11 is 0. The third kappa shape index (κ3) is 5.62. The van der Waals surface area contributed by atoms with Crippen molar-refractivity contribution >= 4 is 0 Å². The quantitative estimate of drug-likeness (QED) is 0.368. The number of unbranched alkanes of at least 4 members (excludes halogenated alkanes) is 6. The van der Waals surface area contributed by atoms with Crippen molar-refractivity contribution in [3.63, 3.8) is 0 Å². The molecular weight excluding hydrogens is 420 g/mol. The Morgan fingerprint density at radius 1 is 0.636 bits per heavy atom. The van der Waals surface area contributed by atoms with Gasteiger partial charge in [0, 0.05) is 32.3 Å². The lowest BCUT2D eigenvalue weighted by Crippen LogP contribution is -2.56. The van der Waals surface area contributed by atoms with Crippen LogP contribution in [0.2, 0.25) is 0 Å². The molecule has 5 atom stereocenters. The summed E-state index contributed by atoms with van der Waals surface area (Å²) in [4.78, 5) is 0. The van der Waals surface area contributed by atoms with Crippen molar-refractivity contribution in [2.24, 2.45) is 0 Å². The van der Waals surface area contributed by atoms with E-state index in [1.807, 2.05) is 0 Å². The van der Waals surface area contributed by atoms with Crippen LogP contribution in [-0.2, 0) is 28.4 Å². The Hall–Kier alpha value is -0.240. The van der Waals surface area contributed by atoms with Crippen LogP contribution in [0.15, 0.2) is 0 Å². The van der Waals surface area contributed by atoms with Crippen LogP contribution in [0.4, 0.5) is 0 Å². The lowest BCUT2D eigenvalue weighted by atomic mass is 9.94. The molecule has 0 radical (unpaired) electrons. The molecule has 33 heavy (non-hydrogen) atoms. The normalized spacial score (nSPS) is 36.8. The number of ether oxygens (including phenoxy) is 6. The van der Waals surface area contributed by atoms with Crippen molar-refractivity contribution < 1.29 is 28.4 Å². The van der Waals surface area contributed by atoms with Crippen molar-refractivity contribution in [3.05, 3.63) is 0 Å². The second-order valence-corrected chi connectivity index (χ2v) is 11.0. The first kappa shape index (κ1) is 24.5. The number of rotatable bonds is 10. The van der Waals surface area contributed by atoms with Crippen LogP contribution in [0.3, 0.4) is 0 Å².